The van der Waals surface area contributed by atoms with Crippen molar-refractivity contribution in [3.8, 4) is 0 Å². The van der Waals surface area contributed by atoms with E-state index in [2.05, 4.69) is 15.8 Å². The second-order valence-corrected chi connectivity index (χ2v) is 8.65. The Hall–Kier alpha value is -2.28. The van der Waals surface area contributed by atoms with Crippen molar-refractivity contribution in [3.63, 3.8) is 0 Å². The number of halogens is 3. The number of oxime groups is 1. The molecule has 164 valence electrons. The van der Waals surface area contributed by atoms with E-state index in [1.807, 2.05) is 13.8 Å². The van der Waals surface area contributed by atoms with E-state index in [1.165, 1.54) is 0 Å². The lowest BCUT2D eigenvalue weighted by atomic mass is 9.89. The Kier molecular flexibility index (Phi) is 7.14. The molecule has 0 fully saturated rings. The minimum absolute atomic E-state index is 0.230. The van der Waals surface area contributed by atoms with Gasteiger partial charge < -0.3 is 15.5 Å². The van der Waals surface area contributed by atoms with Crippen LogP contribution in [0.25, 0.3) is 0 Å². The number of benzene rings is 2. The van der Waals surface area contributed by atoms with Gasteiger partial charge in [0.05, 0.1) is 20.8 Å². The fourth-order valence-corrected chi connectivity index (χ4v) is 3.79. The number of rotatable bonds is 6. The van der Waals surface area contributed by atoms with Crippen LogP contribution >= 0.6 is 34.8 Å². The summed E-state index contributed by atoms with van der Waals surface area (Å²) in [6.45, 7) is 5.86. The van der Waals surface area contributed by atoms with E-state index in [-0.39, 0.29) is 11.8 Å². The zero-order valence-electron chi connectivity index (χ0n) is 17.3. The molecule has 0 saturated carbocycles. The lowest BCUT2D eigenvalue weighted by molar-refractivity contribution is -0.122. The molecule has 2 aromatic rings. The van der Waals surface area contributed by atoms with Gasteiger partial charge >= 0.3 is 0 Å². The Balaban J connectivity index is 1.70. The molecule has 1 heterocycles. The summed E-state index contributed by atoms with van der Waals surface area (Å²) in [5.41, 5.74) is 2.01. The number of nitrogens with one attached hydrogen (secondary N) is 2. The first-order valence-electron chi connectivity index (χ1n) is 9.73. The minimum atomic E-state index is -0.745. The van der Waals surface area contributed by atoms with Gasteiger partial charge in [0, 0.05) is 24.1 Å². The first kappa shape index (κ1) is 23.4. The van der Waals surface area contributed by atoms with E-state index in [1.54, 1.807) is 43.3 Å². The standard InChI is InChI=1S/C22H22Cl3N3O3/c1-4-26-20(29)12(2)27-21(30)14-7-5-13(6-8-14)18-11-22(3,31-28-18)15-9-16(23)19(25)17(24)10-15/h5-10,12H,4,11H2,1-3H3,(H,26,29)(H,27,30). The van der Waals surface area contributed by atoms with Crippen molar-refractivity contribution in [3.05, 3.63) is 68.2 Å². The number of likely N-dealkylation sites (N-methyl/N-ethyl adjacent to an activating group) is 1. The molecule has 1 aliphatic rings. The molecule has 0 saturated heterocycles. The van der Waals surface area contributed by atoms with Gasteiger partial charge in [0.25, 0.3) is 5.91 Å². The molecule has 0 aromatic heterocycles. The molecule has 9 heteroatoms. The van der Waals surface area contributed by atoms with Gasteiger partial charge in [-0.2, -0.15) is 0 Å². The van der Waals surface area contributed by atoms with Crippen LogP contribution in [0.5, 0.6) is 0 Å². The number of carbonyl (C=O) groups excluding carboxylic acids is 2. The van der Waals surface area contributed by atoms with E-state index in [0.29, 0.717) is 33.6 Å². The largest absolute Gasteiger partial charge is 0.384 e. The highest BCUT2D eigenvalue weighted by molar-refractivity contribution is 6.48. The van der Waals surface area contributed by atoms with Crippen molar-refractivity contribution in [2.45, 2.75) is 38.8 Å². The van der Waals surface area contributed by atoms with Crippen molar-refractivity contribution in [1.82, 2.24) is 10.6 Å². The van der Waals surface area contributed by atoms with Crippen LogP contribution in [-0.2, 0) is 15.2 Å². The molecule has 1 aliphatic heterocycles. The molecule has 2 unspecified atom stereocenters. The average molecular weight is 483 g/mol. The van der Waals surface area contributed by atoms with E-state index < -0.39 is 11.6 Å². The smallest absolute Gasteiger partial charge is 0.251 e. The second kappa shape index (κ2) is 9.47. The summed E-state index contributed by atoms with van der Waals surface area (Å²) < 4.78 is 0. The van der Waals surface area contributed by atoms with Crippen LogP contribution in [0.4, 0.5) is 0 Å². The third kappa shape index (κ3) is 5.14. The number of amides is 2. The Morgan fingerprint density at radius 2 is 1.77 bits per heavy atom. The predicted octanol–water partition coefficient (Wildman–Crippen LogP) is 4.94. The molecule has 0 spiro atoms. The summed E-state index contributed by atoms with van der Waals surface area (Å²) in [4.78, 5) is 29.9. The van der Waals surface area contributed by atoms with Gasteiger partial charge in [-0.15, -0.1) is 0 Å². The molecular formula is C22H22Cl3N3O3. The Bertz CT molecular complexity index is 1020. The molecule has 2 N–H and O–H groups in total. The van der Waals surface area contributed by atoms with Gasteiger partial charge in [-0.3, -0.25) is 9.59 Å². The van der Waals surface area contributed by atoms with Crippen LogP contribution in [0, 0.1) is 0 Å². The normalized spacial score (nSPS) is 18.7. The highest BCUT2D eigenvalue weighted by Gasteiger charge is 2.37. The Morgan fingerprint density at radius 3 is 2.35 bits per heavy atom. The first-order valence-corrected chi connectivity index (χ1v) is 10.9. The predicted molar refractivity (Wildman–Crippen MR) is 123 cm³/mol. The summed E-state index contributed by atoms with van der Waals surface area (Å²) in [6.07, 6.45) is 0.487. The van der Waals surface area contributed by atoms with Crippen molar-refractivity contribution in [2.24, 2.45) is 5.16 Å². The van der Waals surface area contributed by atoms with Crippen LogP contribution < -0.4 is 10.6 Å². The maximum absolute atomic E-state index is 12.4. The highest BCUT2D eigenvalue weighted by atomic mass is 35.5. The molecule has 2 amide bonds. The van der Waals surface area contributed by atoms with Crippen LogP contribution in [0.3, 0.4) is 0 Å². The van der Waals surface area contributed by atoms with Crippen LogP contribution in [-0.4, -0.2) is 30.1 Å². The summed E-state index contributed by atoms with van der Waals surface area (Å²) in [5.74, 6) is -0.558. The zero-order valence-corrected chi connectivity index (χ0v) is 19.5. The molecule has 2 aromatic carbocycles. The fourth-order valence-electron chi connectivity index (χ4n) is 3.20. The lowest BCUT2D eigenvalue weighted by Crippen LogP contribution is -2.44. The third-order valence-electron chi connectivity index (χ3n) is 5.03. The first-order chi connectivity index (χ1) is 14.6. The quantitative estimate of drug-likeness (QED) is 0.572. The maximum Gasteiger partial charge on any atom is 0.251 e. The van der Waals surface area contributed by atoms with Gasteiger partial charge in [0.1, 0.15) is 6.04 Å². The van der Waals surface area contributed by atoms with Crippen molar-refractivity contribution in [1.29, 1.82) is 0 Å². The molecule has 0 bridgehead atoms. The van der Waals surface area contributed by atoms with Gasteiger partial charge in [-0.05, 0) is 50.6 Å². The molecule has 6 nitrogen and oxygen atoms in total. The molecule has 2 atom stereocenters. The Morgan fingerprint density at radius 1 is 1.16 bits per heavy atom. The second-order valence-electron chi connectivity index (χ2n) is 7.46. The monoisotopic (exact) mass is 481 g/mol. The van der Waals surface area contributed by atoms with Gasteiger partial charge in [-0.25, -0.2) is 0 Å². The fraction of sp³-hybridized carbons (Fsp3) is 0.318. The summed E-state index contributed by atoms with van der Waals surface area (Å²) in [5, 5.41) is 10.6. The molecular weight excluding hydrogens is 461 g/mol. The molecule has 0 radical (unpaired) electrons. The molecule has 0 aliphatic carbocycles. The van der Waals surface area contributed by atoms with E-state index in [4.69, 9.17) is 39.6 Å². The topological polar surface area (TPSA) is 79.8 Å². The number of hydrogen-bond acceptors (Lipinski definition) is 4. The summed E-state index contributed by atoms with van der Waals surface area (Å²) in [6, 6.07) is 9.77. The van der Waals surface area contributed by atoms with Crippen molar-refractivity contribution >= 4 is 52.3 Å². The minimum Gasteiger partial charge on any atom is -0.384 e. The van der Waals surface area contributed by atoms with E-state index in [0.717, 1.165) is 16.8 Å². The maximum atomic E-state index is 12.4. The third-order valence-corrected chi connectivity index (χ3v) is 6.23. The molecule has 31 heavy (non-hydrogen) atoms. The number of hydrogen-bond donors (Lipinski definition) is 2. The van der Waals surface area contributed by atoms with E-state index in [9.17, 15) is 9.59 Å². The number of nitrogens with zero attached hydrogens (tertiary/aromatic N) is 1. The lowest BCUT2D eigenvalue weighted by Gasteiger charge is -2.22. The molecule has 3 rings (SSSR count). The van der Waals surface area contributed by atoms with Crippen LogP contribution in [0.2, 0.25) is 15.1 Å². The Labute approximate surface area is 195 Å². The highest BCUT2D eigenvalue weighted by Crippen LogP contribution is 2.41. The van der Waals surface area contributed by atoms with Gasteiger partial charge in [-0.1, -0.05) is 52.1 Å². The SMILES string of the molecule is CCNC(=O)C(C)NC(=O)c1ccc(C2=NOC(C)(c3cc(Cl)c(Cl)c(Cl)c3)C2)cc1. The number of carbonyl (C=O) groups is 2. The van der Waals surface area contributed by atoms with Crippen molar-refractivity contribution in [2.75, 3.05) is 6.54 Å². The summed E-state index contributed by atoms with van der Waals surface area (Å²) >= 11 is 18.4. The summed E-state index contributed by atoms with van der Waals surface area (Å²) in [7, 11) is 0. The average Bonchev–Trinajstić information content (AvgIpc) is 3.15. The van der Waals surface area contributed by atoms with Crippen LogP contribution in [0.15, 0.2) is 41.6 Å². The van der Waals surface area contributed by atoms with Crippen molar-refractivity contribution < 1.29 is 14.4 Å². The van der Waals surface area contributed by atoms with Gasteiger partial charge in [0.2, 0.25) is 5.91 Å². The zero-order chi connectivity index (χ0) is 22.8. The van der Waals surface area contributed by atoms with E-state index >= 15 is 0 Å². The van der Waals surface area contributed by atoms with Gasteiger partial charge in [0.15, 0.2) is 5.60 Å². The van der Waals surface area contributed by atoms with Crippen LogP contribution in [0.1, 0.15) is 48.7 Å².